The summed E-state index contributed by atoms with van der Waals surface area (Å²) in [5.74, 6) is -0.451. The Morgan fingerprint density at radius 3 is 2.00 bits per heavy atom. The van der Waals surface area contributed by atoms with Crippen LogP contribution in [-0.4, -0.2) is 18.7 Å². The first-order valence-electron chi connectivity index (χ1n) is 4.87. The molecule has 0 aromatic carbocycles. The van der Waals surface area contributed by atoms with E-state index in [1.54, 1.807) is 0 Å². The Labute approximate surface area is 97.0 Å². The van der Waals surface area contributed by atoms with Gasteiger partial charge in [-0.3, -0.25) is 0 Å². The summed E-state index contributed by atoms with van der Waals surface area (Å²) in [7, 11) is -4.07. The van der Waals surface area contributed by atoms with Crippen molar-refractivity contribution in [2.45, 2.75) is 20.4 Å². The monoisotopic (exact) mass is 243 g/mol. The molecule has 0 aliphatic rings. The highest BCUT2D eigenvalue weighted by Crippen LogP contribution is 1.91. The van der Waals surface area contributed by atoms with Crippen LogP contribution in [0.3, 0.4) is 0 Å². The number of rotatable bonds is 3. The van der Waals surface area contributed by atoms with Crippen molar-refractivity contribution < 1.29 is 17.5 Å². The van der Waals surface area contributed by atoms with Crippen LogP contribution in [0.1, 0.15) is 13.8 Å². The predicted octanol–water partition coefficient (Wildman–Crippen LogP) is 1.10. The zero-order chi connectivity index (χ0) is 12.6. The Morgan fingerprint density at radius 2 is 1.81 bits per heavy atom. The standard InChI is InChI=1S/C7H10N.C4H8O3S/c1-2-8-6-4-3-5-7-8;1-4(2)3-8(5,6)7/h3-7H,2H2,1H3;1,3H2,2H3,(H,5,6,7)/q+1;/p-1. The second kappa shape index (κ2) is 7.14. The summed E-state index contributed by atoms with van der Waals surface area (Å²) in [6, 6.07) is 6.08. The van der Waals surface area contributed by atoms with Crippen molar-refractivity contribution in [1.29, 1.82) is 0 Å². The fourth-order valence-corrected chi connectivity index (χ4v) is 1.55. The zero-order valence-corrected chi connectivity index (χ0v) is 10.4. The first kappa shape index (κ1) is 14.8. The van der Waals surface area contributed by atoms with Crippen molar-refractivity contribution in [3.05, 3.63) is 42.7 Å². The molecule has 16 heavy (non-hydrogen) atoms. The summed E-state index contributed by atoms with van der Waals surface area (Å²) in [5.41, 5.74) is 0.375. The van der Waals surface area contributed by atoms with Gasteiger partial charge in [-0.05, 0) is 13.8 Å². The smallest absolute Gasteiger partial charge is 0.168 e. The van der Waals surface area contributed by atoms with Gasteiger partial charge in [0.25, 0.3) is 0 Å². The first-order valence-corrected chi connectivity index (χ1v) is 6.45. The minimum atomic E-state index is -4.07. The van der Waals surface area contributed by atoms with Crippen LogP contribution in [0.15, 0.2) is 42.7 Å². The molecule has 5 heteroatoms. The molecule has 0 fully saturated rings. The van der Waals surface area contributed by atoms with Gasteiger partial charge in [-0.15, -0.1) is 0 Å². The summed E-state index contributed by atoms with van der Waals surface area (Å²) in [6.45, 7) is 7.94. The normalized spacial score (nSPS) is 10.2. The Bertz CT molecular complexity index is 412. The molecule has 1 aromatic rings. The minimum absolute atomic E-state index is 0.375. The number of nitrogens with zero attached hydrogens (tertiary/aromatic N) is 1. The molecule has 0 saturated carbocycles. The van der Waals surface area contributed by atoms with Crippen molar-refractivity contribution in [2.24, 2.45) is 0 Å². The van der Waals surface area contributed by atoms with Gasteiger partial charge in [-0.2, -0.15) is 0 Å². The molecule has 0 radical (unpaired) electrons. The lowest BCUT2D eigenvalue weighted by Gasteiger charge is -2.03. The third-order valence-corrected chi connectivity index (χ3v) is 2.41. The fraction of sp³-hybridized carbons (Fsp3) is 0.364. The van der Waals surface area contributed by atoms with Gasteiger partial charge in [-0.1, -0.05) is 18.2 Å². The van der Waals surface area contributed by atoms with Gasteiger partial charge in [0, 0.05) is 12.1 Å². The van der Waals surface area contributed by atoms with Gasteiger partial charge >= 0.3 is 0 Å². The fourth-order valence-electron chi connectivity index (χ4n) is 0.947. The lowest BCUT2D eigenvalue weighted by Crippen LogP contribution is -2.30. The number of aromatic nitrogens is 1. The van der Waals surface area contributed by atoms with Gasteiger partial charge < -0.3 is 4.55 Å². The van der Waals surface area contributed by atoms with E-state index in [0.717, 1.165) is 6.54 Å². The quantitative estimate of drug-likeness (QED) is 0.454. The lowest BCUT2D eigenvalue weighted by atomic mass is 10.4. The summed E-state index contributed by atoms with van der Waals surface area (Å²) in [4.78, 5) is 0. The van der Waals surface area contributed by atoms with Crippen LogP contribution >= 0.6 is 0 Å². The van der Waals surface area contributed by atoms with Crippen molar-refractivity contribution in [2.75, 3.05) is 5.75 Å². The highest BCUT2D eigenvalue weighted by molar-refractivity contribution is 7.85. The summed E-state index contributed by atoms with van der Waals surface area (Å²) in [6.07, 6.45) is 4.11. The molecule has 1 aromatic heterocycles. The van der Waals surface area contributed by atoms with Crippen molar-refractivity contribution in [3.8, 4) is 0 Å². The van der Waals surface area contributed by atoms with E-state index in [1.165, 1.54) is 6.92 Å². The molecular weight excluding hydrogens is 226 g/mol. The minimum Gasteiger partial charge on any atom is -0.748 e. The first-order chi connectivity index (χ1) is 7.35. The number of aryl methyl sites for hydroxylation is 1. The van der Waals surface area contributed by atoms with Crippen LogP contribution < -0.4 is 4.57 Å². The van der Waals surface area contributed by atoms with Crippen molar-refractivity contribution in [1.82, 2.24) is 0 Å². The van der Waals surface area contributed by atoms with E-state index in [4.69, 9.17) is 0 Å². The molecule has 4 nitrogen and oxygen atoms in total. The van der Waals surface area contributed by atoms with E-state index in [-0.39, 0.29) is 0 Å². The maximum atomic E-state index is 9.83. The summed E-state index contributed by atoms with van der Waals surface area (Å²) in [5, 5.41) is 0. The topological polar surface area (TPSA) is 61.1 Å². The van der Waals surface area contributed by atoms with Crippen LogP contribution in [0.2, 0.25) is 0 Å². The van der Waals surface area contributed by atoms with Gasteiger partial charge in [0.15, 0.2) is 12.4 Å². The van der Waals surface area contributed by atoms with Crippen LogP contribution in [0.4, 0.5) is 0 Å². The van der Waals surface area contributed by atoms with E-state index in [2.05, 4.69) is 30.5 Å². The number of pyridine rings is 1. The number of hydrogen-bond donors (Lipinski definition) is 0. The maximum Gasteiger partial charge on any atom is 0.168 e. The second-order valence-corrected chi connectivity index (χ2v) is 4.77. The third-order valence-electron chi connectivity index (χ3n) is 1.57. The summed E-state index contributed by atoms with van der Waals surface area (Å²) >= 11 is 0. The molecule has 90 valence electrons. The molecule has 0 bridgehead atoms. The molecule has 0 aliphatic carbocycles. The van der Waals surface area contributed by atoms with E-state index in [1.807, 2.05) is 18.2 Å². The maximum absolute atomic E-state index is 9.83. The van der Waals surface area contributed by atoms with Crippen molar-refractivity contribution >= 4 is 10.1 Å². The second-order valence-electron chi connectivity index (χ2n) is 3.37. The van der Waals surface area contributed by atoms with E-state index in [0.29, 0.717) is 5.57 Å². The molecule has 1 heterocycles. The molecule has 0 spiro atoms. The Hall–Kier alpha value is -1.20. The average Bonchev–Trinajstić information content (AvgIpc) is 2.16. The molecule has 0 N–H and O–H groups in total. The van der Waals surface area contributed by atoms with Crippen LogP contribution in [0.25, 0.3) is 0 Å². The van der Waals surface area contributed by atoms with Gasteiger partial charge in [-0.25, -0.2) is 13.0 Å². The largest absolute Gasteiger partial charge is 0.748 e. The predicted molar refractivity (Wildman–Crippen MR) is 61.7 cm³/mol. The van der Waals surface area contributed by atoms with Gasteiger partial charge in [0.05, 0.1) is 15.9 Å². The lowest BCUT2D eigenvalue weighted by molar-refractivity contribution is -0.693. The van der Waals surface area contributed by atoms with E-state index >= 15 is 0 Å². The molecule has 0 unspecified atom stereocenters. The van der Waals surface area contributed by atoms with Crippen LogP contribution in [-0.2, 0) is 16.7 Å². The Morgan fingerprint density at radius 1 is 1.31 bits per heavy atom. The SMILES string of the molecule is C=C(C)CS(=O)(=O)[O-].CC[n+]1ccccc1. The molecular formula is C11H17NO3S. The summed E-state index contributed by atoms with van der Waals surface area (Å²) < 4.78 is 31.6. The van der Waals surface area contributed by atoms with Gasteiger partial charge in [0.2, 0.25) is 0 Å². The molecule has 0 saturated heterocycles. The highest BCUT2D eigenvalue weighted by Gasteiger charge is 1.91. The molecule has 1 rings (SSSR count). The molecule has 0 atom stereocenters. The number of hydrogen-bond acceptors (Lipinski definition) is 3. The Balaban J connectivity index is 0.000000281. The average molecular weight is 243 g/mol. The van der Waals surface area contributed by atoms with E-state index in [9.17, 15) is 13.0 Å². The molecule has 0 aliphatic heterocycles. The van der Waals surface area contributed by atoms with Crippen LogP contribution in [0.5, 0.6) is 0 Å². The Kier molecular flexibility index (Phi) is 6.60. The molecule has 0 amide bonds. The zero-order valence-electron chi connectivity index (χ0n) is 9.59. The van der Waals surface area contributed by atoms with Crippen molar-refractivity contribution in [3.63, 3.8) is 0 Å². The van der Waals surface area contributed by atoms with Gasteiger partial charge in [0.1, 0.15) is 6.54 Å². The van der Waals surface area contributed by atoms with E-state index < -0.39 is 15.9 Å². The van der Waals surface area contributed by atoms with Crippen LogP contribution in [0, 0.1) is 0 Å². The third kappa shape index (κ3) is 9.36. The highest BCUT2D eigenvalue weighted by atomic mass is 32.2.